The van der Waals surface area contributed by atoms with Gasteiger partial charge in [0.15, 0.2) is 5.11 Å². The van der Waals surface area contributed by atoms with Gasteiger partial charge in [-0.15, -0.1) is 0 Å². The number of hydrogen-bond acceptors (Lipinski definition) is 4. The predicted molar refractivity (Wildman–Crippen MR) is 137 cm³/mol. The lowest BCUT2D eigenvalue weighted by molar-refractivity contribution is -0.122. The Morgan fingerprint density at radius 2 is 1.71 bits per heavy atom. The van der Waals surface area contributed by atoms with Gasteiger partial charge in [0.05, 0.1) is 19.3 Å². The third-order valence-electron chi connectivity index (χ3n) is 5.85. The van der Waals surface area contributed by atoms with E-state index in [1.165, 1.54) is 11.0 Å². The number of amides is 2. The first-order chi connectivity index (χ1) is 17.0. The van der Waals surface area contributed by atoms with Gasteiger partial charge in [0.25, 0.3) is 11.8 Å². The molecular weight excluding hydrogens is 465 g/mol. The van der Waals surface area contributed by atoms with Gasteiger partial charge >= 0.3 is 0 Å². The van der Waals surface area contributed by atoms with E-state index in [0.29, 0.717) is 29.1 Å². The lowest BCUT2D eigenvalue weighted by Gasteiger charge is -2.29. The number of halogens is 1. The Balaban J connectivity index is 1.56. The molecule has 0 bridgehead atoms. The molecule has 35 heavy (non-hydrogen) atoms. The number of fused-ring (bicyclic) bond motifs is 1. The molecule has 0 unspecified atom stereocenters. The van der Waals surface area contributed by atoms with Crippen LogP contribution in [-0.4, -0.2) is 28.6 Å². The number of para-hydroxylation sites is 1. The van der Waals surface area contributed by atoms with Crippen molar-refractivity contribution in [2.75, 3.05) is 12.0 Å². The summed E-state index contributed by atoms with van der Waals surface area (Å²) < 4.78 is 21.4. The SMILES string of the molecule is COc1ccc(N2C(=O)/C(=C\c3cn(Cc4ccccc4F)c4ccccc34)C(=O)NC2=S)cc1. The number of rotatable bonds is 5. The van der Waals surface area contributed by atoms with Crippen LogP contribution >= 0.6 is 12.2 Å². The van der Waals surface area contributed by atoms with Crippen LogP contribution in [0, 0.1) is 5.82 Å². The summed E-state index contributed by atoms with van der Waals surface area (Å²) in [6.07, 6.45) is 3.37. The number of carbonyl (C=O) groups excluding carboxylic acids is 2. The average molecular weight is 486 g/mol. The molecule has 0 radical (unpaired) electrons. The predicted octanol–water partition coefficient (Wildman–Crippen LogP) is 4.67. The minimum Gasteiger partial charge on any atom is -0.497 e. The van der Waals surface area contributed by atoms with E-state index in [0.717, 1.165) is 10.9 Å². The highest BCUT2D eigenvalue weighted by Crippen LogP contribution is 2.28. The molecule has 2 amide bonds. The molecule has 1 saturated heterocycles. The molecule has 0 spiro atoms. The number of anilines is 1. The molecule has 0 aliphatic carbocycles. The molecule has 2 heterocycles. The normalized spacial score (nSPS) is 15.1. The first kappa shape index (κ1) is 22.5. The molecule has 1 fully saturated rings. The molecule has 4 aromatic rings. The highest BCUT2D eigenvalue weighted by molar-refractivity contribution is 7.80. The van der Waals surface area contributed by atoms with Crippen molar-refractivity contribution in [3.8, 4) is 5.75 Å². The van der Waals surface area contributed by atoms with Crippen molar-refractivity contribution in [1.29, 1.82) is 0 Å². The molecule has 1 N–H and O–H groups in total. The summed E-state index contributed by atoms with van der Waals surface area (Å²) in [7, 11) is 1.55. The molecule has 8 heteroatoms. The van der Waals surface area contributed by atoms with Gasteiger partial charge in [0.1, 0.15) is 17.1 Å². The summed E-state index contributed by atoms with van der Waals surface area (Å²) in [6, 6.07) is 21.0. The zero-order valence-corrected chi connectivity index (χ0v) is 19.5. The highest BCUT2D eigenvalue weighted by atomic mass is 32.1. The Morgan fingerprint density at radius 3 is 2.46 bits per heavy atom. The molecule has 0 saturated carbocycles. The molecule has 1 aliphatic heterocycles. The molecule has 5 rings (SSSR count). The monoisotopic (exact) mass is 485 g/mol. The van der Waals surface area contributed by atoms with E-state index in [4.69, 9.17) is 17.0 Å². The van der Waals surface area contributed by atoms with E-state index in [1.54, 1.807) is 55.7 Å². The molecule has 1 aromatic heterocycles. The van der Waals surface area contributed by atoms with Gasteiger partial charge in [-0.1, -0.05) is 36.4 Å². The van der Waals surface area contributed by atoms with Crippen LogP contribution in [0.5, 0.6) is 5.75 Å². The van der Waals surface area contributed by atoms with Crippen molar-refractivity contribution in [3.63, 3.8) is 0 Å². The van der Waals surface area contributed by atoms with Gasteiger partial charge in [-0.3, -0.25) is 19.8 Å². The number of nitrogens with zero attached hydrogens (tertiary/aromatic N) is 2. The van der Waals surface area contributed by atoms with Crippen LogP contribution in [0.3, 0.4) is 0 Å². The number of aromatic nitrogens is 1. The Hall–Kier alpha value is -4.30. The maximum atomic E-state index is 14.3. The largest absolute Gasteiger partial charge is 0.497 e. The number of thiocarbonyl (C=S) groups is 1. The zero-order chi connectivity index (χ0) is 24.5. The second-order valence-electron chi connectivity index (χ2n) is 7.98. The smallest absolute Gasteiger partial charge is 0.270 e. The Morgan fingerprint density at radius 1 is 1.00 bits per heavy atom. The molecule has 6 nitrogen and oxygen atoms in total. The molecule has 1 aliphatic rings. The van der Waals surface area contributed by atoms with E-state index < -0.39 is 11.8 Å². The van der Waals surface area contributed by atoms with Crippen LogP contribution in [0.4, 0.5) is 10.1 Å². The molecular formula is C27H20FN3O3S. The minimum absolute atomic E-state index is 0.00398. The van der Waals surface area contributed by atoms with Crippen molar-refractivity contribution in [1.82, 2.24) is 9.88 Å². The van der Waals surface area contributed by atoms with E-state index in [-0.39, 0.29) is 16.5 Å². The second kappa shape index (κ2) is 9.15. The fraction of sp³-hybridized carbons (Fsp3) is 0.0741. The topological polar surface area (TPSA) is 63.6 Å². The first-order valence-electron chi connectivity index (χ1n) is 10.8. The Labute approximate surface area is 206 Å². The van der Waals surface area contributed by atoms with Crippen molar-refractivity contribution < 1.29 is 18.7 Å². The first-order valence-corrected chi connectivity index (χ1v) is 11.2. The van der Waals surface area contributed by atoms with Crippen molar-refractivity contribution in [2.24, 2.45) is 0 Å². The summed E-state index contributed by atoms with van der Waals surface area (Å²) in [6.45, 7) is 0.304. The van der Waals surface area contributed by atoms with Gasteiger partial charge < -0.3 is 9.30 Å². The maximum Gasteiger partial charge on any atom is 0.270 e. The standard InChI is InChI=1S/C27H20FN3O3S/c1-34-20-12-10-19(11-13-20)31-26(33)22(25(32)29-27(31)35)14-18-16-30(24-9-5-3-7-21(18)24)15-17-6-2-4-8-23(17)28/h2-14,16H,15H2,1H3,(H,29,32,35)/b22-14-. The molecule has 3 aromatic carbocycles. The number of nitrogens with one attached hydrogen (secondary N) is 1. The Bertz CT molecular complexity index is 1510. The lowest BCUT2D eigenvalue weighted by atomic mass is 10.1. The summed E-state index contributed by atoms with van der Waals surface area (Å²) in [5.41, 5.74) is 2.51. The minimum atomic E-state index is -0.573. The summed E-state index contributed by atoms with van der Waals surface area (Å²) in [4.78, 5) is 27.5. The summed E-state index contributed by atoms with van der Waals surface area (Å²) in [5, 5.41) is 3.44. The van der Waals surface area contributed by atoms with Crippen LogP contribution in [0.2, 0.25) is 0 Å². The fourth-order valence-corrected chi connectivity index (χ4v) is 4.39. The quantitative estimate of drug-likeness (QED) is 0.254. The number of carbonyl (C=O) groups is 2. The number of methoxy groups -OCH3 is 1. The second-order valence-corrected chi connectivity index (χ2v) is 8.36. The van der Waals surface area contributed by atoms with Gasteiger partial charge in [-0.2, -0.15) is 0 Å². The third kappa shape index (κ3) is 4.20. The number of hydrogen-bond donors (Lipinski definition) is 1. The van der Waals surface area contributed by atoms with Crippen molar-refractivity contribution >= 4 is 51.8 Å². The van der Waals surface area contributed by atoms with E-state index in [2.05, 4.69) is 5.32 Å². The third-order valence-corrected chi connectivity index (χ3v) is 6.13. The van der Waals surface area contributed by atoms with Crippen LogP contribution in [0.15, 0.2) is 84.6 Å². The van der Waals surface area contributed by atoms with Gasteiger partial charge in [0, 0.05) is 28.2 Å². The van der Waals surface area contributed by atoms with Crippen LogP contribution < -0.4 is 15.0 Å². The van der Waals surface area contributed by atoms with Crippen molar-refractivity contribution in [3.05, 3.63) is 102 Å². The van der Waals surface area contributed by atoms with Gasteiger partial charge in [0.2, 0.25) is 0 Å². The van der Waals surface area contributed by atoms with Gasteiger partial charge in [-0.05, 0) is 54.7 Å². The van der Waals surface area contributed by atoms with E-state index in [1.807, 2.05) is 35.0 Å². The van der Waals surface area contributed by atoms with E-state index >= 15 is 0 Å². The Kier molecular flexibility index (Phi) is 5.88. The van der Waals surface area contributed by atoms with Gasteiger partial charge in [-0.25, -0.2) is 4.39 Å². The molecule has 174 valence electrons. The lowest BCUT2D eigenvalue weighted by Crippen LogP contribution is -2.54. The average Bonchev–Trinajstić information content (AvgIpc) is 3.20. The number of ether oxygens (including phenoxy) is 1. The fourth-order valence-electron chi connectivity index (χ4n) is 4.11. The van der Waals surface area contributed by atoms with Crippen LogP contribution in [0.1, 0.15) is 11.1 Å². The summed E-state index contributed by atoms with van der Waals surface area (Å²) >= 11 is 5.28. The van der Waals surface area contributed by atoms with Crippen LogP contribution in [0.25, 0.3) is 17.0 Å². The number of benzene rings is 3. The highest BCUT2D eigenvalue weighted by Gasteiger charge is 2.34. The van der Waals surface area contributed by atoms with E-state index in [9.17, 15) is 14.0 Å². The molecule has 0 atom stereocenters. The van der Waals surface area contributed by atoms with Crippen molar-refractivity contribution in [2.45, 2.75) is 6.54 Å². The van der Waals surface area contributed by atoms with Crippen LogP contribution in [-0.2, 0) is 16.1 Å². The maximum absolute atomic E-state index is 14.3. The zero-order valence-electron chi connectivity index (χ0n) is 18.7. The summed E-state index contributed by atoms with van der Waals surface area (Å²) in [5.74, 6) is -0.771.